The third-order valence-corrected chi connectivity index (χ3v) is 4.11. The summed E-state index contributed by atoms with van der Waals surface area (Å²) in [5, 5.41) is 15.1. The first-order valence-electron chi connectivity index (χ1n) is 7.99. The summed E-state index contributed by atoms with van der Waals surface area (Å²) < 4.78 is 3.73. The van der Waals surface area contributed by atoms with Crippen molar-refractivity contribution in [2.24, 2.45) is 0 Å². The highest BCUT2D eigenvalue weighted by Crippen LogP contribution is 2.10. The summed E-state index contributed by atoms with van der Waals surface area (Å²) >= 11 is 0. The van der Waals surface area contributed by atoms with Crippen LogP contribution in [0.4, 0.5) is 0 Å². The molecule has 0 fully saturated rings. The molecule has 0 spiro atoms. The second-order valence-corrected chi connectivity index (χ2v) is 6.05. The topological polar surface area (TPSA) is 89.1 Å². The number of nitrogens with zero attached hydrogens (tertiary/aromatic N) is 5. The van der Waals surface area contributed by atoms with Crippen LogP contribution in [0.2, 0.25) is 0 Å². The summed E-state index contributed by atoms with van der Waals surface area (Å²) in [5.74, 6) is -0.205. The van der Waals surface area contributed by atoms with Crippen molar-refractivity contribution in [3.8, 4) is 0 Å². The van der Waals surface area contributed by atoms with Gasteiger partial charge in [0.15, 0.2) is 5.65 Å². The van der Waals surface area contributed by atoms with E-state index < -0.39 is 0 Å². The average molecular weight is 362 g/mol. The zero-order valence-electron chi connectivity index (χ0n) is 14.1. The quantitative estimate of drug-likeness (QED) is 0.726. The van der Waals surface area contributed by atoms with E-state index in [1.807, 2.05) is 30.7 Å². The van der Waals surface area contributed by atoms with Crippen LogP contribution in [0.25, 0.3) is 5.65 Å². The van der Waals surface area contributed by atoms with Crippen LogP contribution in [0.5, 0.6) is 0 Å². The maximum Gasteiger partial charge on any atom is 0.270 e. The standard InChI is InChI=1S/C16H19N7O.ClH/c1-10-5-15-19-14(6-11(2)23(15)20-10)16(24)18-8-12-7-13-9-17-3-4-22(13)21-12;/h5-7,17H,3-4,8-9H2,1-2H3,(H,18,24);1H. The molecule has 1 amide bonds. The highest BCUT2D eigenvalue weighted by Gasteiger charge is 2.14. The van der Waals surface area contributed by atoms with E-state index in [9.17, 15) is 4.79 Å². The molecular weight excluding hydrogens is 342 g/mol. The minimum Gasteiger partial charge on any atom is -0.345 e. The highest BCUT2D eigenvalue weighted by atomic mass is 35.5. The van der Waals surface area contributed by atoms with E-state index in [0.29, 0.717) is 17.9 Å². The number of carbonyl (C=O) groups is 1. The molecule has 8 nitrogen and oxygen atoms in total. The van der Waals surface area contributed by atoms with Gasteiger partial charge in [-0.25, -0.2) is 9.50 Å². The second kappa shape index (κ2) is 6.81. The number of rotatable bonds is 3. The minimum atomic E-state index is -0.205. The SMILES string of the molecule is Cc1cc2nc(C(=O)NCc3cc4n(n3)CCNC4)cc(C)n2n1.Cl. The molecule has 0 atom stereocenters. The molecule has 3 aromatic rings. The maximum atomic E-state index is 12.4. The van der Waals surface area contributed by atoms with Crippen LogP contribution in [0.15, 0.2) is 18.2 Å². The second-order valence-electron chi connectivity index (χ2n) is 6.05. The molecule has 3 aromatic heterocycles. The zero-order chi connectivity index (χ0) is 16.7. The van der Waals surface area contributed by atoms with Gasteiger partial charge >= 0.3 is 0 Å². The van der Waals surface area contributed by atoms with Crippen LogP contribution in [0.1, 0.15) is 33.3 Å². The third-order valence-electron chi connectivity index (χ3n) is 4.11. The Bertz CT molecular complexity index is 907. The monoisotopic (exact) mass is 361 g/mol. The van der Waals surface area contributed by atoms with Gasteiger partial charge in [0.1, 0.15) is 5.69 Å². The number of aromatic nitrogens is 5. The van der Waals surface area contributed by atoms with Crippen molar-refractivity contribution in [1.82, 2.24) is 35.0 Å². The van der Waals surface area contributed by atoms with Gasteiger partial charge in [-0.2, -0.15) is 10.2 Å². The fourth-order valence-electron chi connectivity index (χ4n) is 2.96. The fraction of sp³-hybridized carbons (Fsp3) is 0.375. The minimum absolute atomic E-state index is 0. The number of fused-ring (bicyclic) bond motifs is 2. The molecule has 0 aliphatic carbocycles. The van der Waals surface area contributed by atoms with Gasteiger partial charge in [-0.15, -0.1) is 12.4 Å². The van der Waals surface area contributed by atoms with E-state index in [-0.39, 0.29) is 18.3 Å². The Morgan fingerprint density at radius 2 is 2.12 bits per heavy atom. The Morgan fingerprint density at radius 1 is 1.28 bits per heavy atom. The number of carbonyl (C=O) groups excluding carboxylic acids is 1. The molecule has 4 heterocycles. The molecule has 25 heavy (non-hydrogen) atoms. The number of halogens is 1. The lowest BCUT2D eigenvalue weighted by molar-refractivity contribution is 0.0945. The van der Waals surface area contributed by atoms with Crippen molar-refractivity contribution in [1.29, 1.82) is 0 Å². The Balaban J connectivity index is 0.00000182. The molecule has 0 saturated heterocycles. The summed E-state index contributed by atoms with van der Waals surface area (Å²) in [6.07, 6.45) is 0. The van der Waals surface area contributed by atoms with Crippen molar-refractivity contribution in [2.45, 2.75) is 33.5 Å². The molecule has 4 rings (SSSR count). The maximum absolute atomic E-state index is 12.4. The first kappa shape index (κ1) is 17.4. The van der Waals surface area contributed by atoms with Crippen LogP contribution in [-0.2, 0) is 19.6 Å². The van der Waals surface area contributed by atoms with Crippen molar-refractivity contribution in [3.05, 3.63) is 46.7 Å². The summed E-state index contributed by atoms with van der Waals surface area (Å²) in [6.45, 7) is 6.81. The lowest BCUT2D eigenvalue weighted by atomic mass is 10.3. The van der Waals surface area contributed by atoms with Crippen molar-refractivity contribution < 1.29 is 4.79 Å². The lowest BCUT2D eigenvalue weighted by Crippen LogP contribution is -2.28. The largest absolute Gasteiger partial charge is 0.345 e. The predicted octanol–water partition coefficient (Wildman–Crippen LogP) is 0.998. The predicted molar refractivity (Wildman–Crippen MR) is 94.8 cm³/mol. The smallest absolute Gasteiger partial charge is 0.270 e. The number of amides is 1. The van der Waals surface area contributed by atoms with Gasteiger partial charge in [0.05, 0.1) is 30.2 Å². The van der Waals surface area contributed by atoms with Gasteiger partial charge in [0.2, 0.25) is 0 Å². The van der Waals surface area contributed by atoms with Crippen LogP contribution >= 0.6 is 12.4 Å². The fourth-order valence-corrected chi connectivity index (χ4v) is 2.96. The van der Waals surface area contributed by atoms with E-state index in [2.05, 4.69) is 25.8 Å². The van der Waals surface area contributed by atoms with Gasteiger partial charge in [-0.3, -0.25) is 9.48 Å². The van der Waals surface area contributed by atoms with Crippen LogP contribution in [-0.4, -0.2) is 36.8 Å². The number of hydrogen-bond donors (Lipinski definition) is 2. The van der Waals surface area contributed by atoms with Gasteiger partial charge in [-0.1, -0.05) is 0 Å². The van der Waals surface area contributed by atoms with E-state index in [0.717, 1.165) is 42.4 Å². The molecule has 0 unspecified atom stereocenters. The number of nitrogens with one attached hydrogen (secondary N) is 2. The third kappa shape index (κ3) is 3.35. The zero-order valence-corrected chi connectivity index (χ0v) is 14.9. The first-order chi connectivity index (χ1) is 11.6. The summed E-state index contributed by atoms with van der Waals surface area (Å²) in [5.41, 5.74) is 4.84. The normalized spacial score (nSPS) is 13.4. The summed E-state index contributed by atoms with van der Waals surface area (Å²) in [6, 6.07) is 5.63. The Morgan fingerprint density at radius 3 is 2.92 bits per heavy atom. The molecule has 1 aliphatic rings. The van der Waals surface area contributed by atoms with Gasteiger partial charge in [0, 0.05) is 24.8 Å². The van der Waals surface area contributed by atoms with E-state index in [4.69, 9.17) is 0 Å². The van der Waals surface area contributed by atoms with Gasteiger partial charge in [-0.05, 0) is 26.0 Å². The van der Waals surface area contributed by atoms with Crippen LogP contribution in [0, 0.1) is 13.8 Å². The Hall–Kier alpha value is -2.45. The molecule has 132 valence electrons. The van der Waals surface area contributed by atoms with E-state index in [1.54, 1.807) is 10.6 Å². The van der Waals surface area contributed by atoms with Crippen molar-refractivity contribution >= 4 is 24.0 Å². The molecule has 0 radical (unpaired) electrons. The molecule has 0 saturated carbocycles. The van der Waals surface area contributed by atoms with E-state index in [1.165, 1.54) is 0 Å². The van der Waals surface area contributed by atoms with Gasteiger partial charge in [0.25, 0.3) is 5.91 Å². The van der Waals surface area contributed by atoms with Gasteiger partial charge < -0.3 is 10.6 Å². The van der Waals surface area contributed by atoms with Crippen LogP contribution in [0.3, 0.4) is 0 Å². The first-order valence-corrected chi connectivity index (χ1v) is 7.99. The highest BCUT2D eigenvalue weighted by molar-refractivity contribution is 5.92. The van der Waals surface area contributed by atoms with Crippen molar-refractivity contribution in [2.75, 3.05) is 6.54 Å². The average Bonchev–Trinajstić information content (AvgIpc) is 3.14. The Labute approximate surface area is 151 Å². The lowest BCUT2D eigenvalue weighted by Gasteiger charge is -2.13. The summed E-state index contributed by atoms with van der Waals surface area (Å²) in [7, 11) is 0. The Kier molecular flexibility index (Phi) is 4.73. The van der Waals surface area contributed by atoms with Crippen molar-refractivity contribution in [3.63, 3.8) is 0 Å². The molecular formula is C16H20ClN7O. The van der Waals surface area contributed by atoms with E-state index >= 15 is 0 Å². The summed E-state index contributed by atoms with van der Waals surface area (Å²) in [4.78, 5) is 16.8. The molecule has 2 N–H and O–H groups in total. The molecule has 0 aromatic carbocycles. The number of aryl methyl sites for hydroxylation is 2. The molecule has 0 bridgehead atoms. The number of hydrogen-bond acceptors (Lipinski definition) is 5. The molecule has 9 heteroatoms. The molecule has 1 aliphatic heterocycles. The van der Waals surface area contributed by atoms with Crippen LogP contribution < -0.4 is 10.6 Å².